The number of hydrogen-bond acceptors (Lipinski definition) is 3. The van der Waals surface area contributed by atoms with Gasteiger partial charge in [0.15, 0.2) is 0 Å². The van der Waals surface area contributed by atoms with Crippen LogP contribution in [0.5, 0.6) is 0 Å². The molecule has 114 valence electrons. The Kier molecular flexibility index (Phi) is 4.15. The average molecular weight is 287 g/mol. The first-order valence-corrected chi connectivity index (χ1v) is 8.04. The highest BCUT2D eigenvalue weighted by Gasteiger charge is 2.25. The lowest BCUT2D eigenvalue weighted by Crippen LogP contribution is -2.41. The van der Waals surface area contributed by atoms with Crippen LogP contribution in [-0.2, 0) is 11.2 Å². The van der Waals surface area contributed by atoms with Gasteiger partial charge in [-0.25, -0.2) is 0 Å². The molecule has 1 atom stereocenters. The summed E-state index contributed by atoms with van der Waals surface area (Å²) in [5.41, 5.74) is 9.27. The third-order valence-electron chi connectivity index (χ3n) is 4.86. The highest BCUT2D eigenvalue weighted by molar-refractivity contribution is 5.82. The Balaban J connectivity index is 1.79. The Hall–Kier alpha value is -1.55. The molecule has 1 aromatic carbocycles. The summed E-state index contributed by atoms with van der Waals surface area (Å²) >= 11 is 0. The predicted octanol–water partition coefficient (Wildman–Crippen LogP) is 2.13. The number of rotatable bonds is 4. The minimum Gasteiger partial charge on any atom is -0.374 e. The summed E-state index contributed by atoms with van der Waals surface area (Å²) in [5, 5.41) is 3.49. The Labute approximate surface area is 126 Å². The van der Waals surface area contributed by atoms with E-state index in [0.29, 0.717) is 6.04 Å². The van der Waals surface area contributed by atoms with E-state index in [9.17, 15) is 4.79 Å². The Morgan fingerprint density at radius 2 is 2.10 bits per heavy atom. The van der Waals surface area contributed by atoms with Crippen LogP contribution >= 0.6 is 0 Å². The van der Waals surface area contributed by atoms with Crippen molar-refractivity contribution in [2.24, 2.45) is 5.73 Å². The van der Waals surface area contributed by atoms with Gasteiger partial charge in [-0.2, -0.15) is 0 Å². The van der Waals surface area contributed by atoms with Crippen molar-refractivity contribution in [3.63, 3.8) is 0 Å². The second kappa shape index (κ2) is 6.06. The van der Waals surface area contributed by atoms with Gasteiger partial charge in [-0.1, -0.05) is 31.4 Å². The first-order valence-electron chi connectivity index (χ1n) is 8.04. The van der Waals surface area contributed by atoms with Crippen LogP contribution in [0.3, 0.4) is 0 Å². The van der Waals surface area contributed by atoms with Gasteiger partial charge in [-0.15, -0.1) is 0 Å². The molecule has 1 amide bonds. The maximum Gasteiger partial charge on any atom is 0.239 e. The molecule has 21 heavy (non-hydrogen) atoms. The predicted molar refractivity (Wildman–Crippen MR) is 85.4 cm³/mol. The van der Waals surface area contributed by atoms with Gasteiger partial charge in [0.1, 0.15) is 6.04 Å². The van der Waals surface area contributed by atoms with Crippen molar-refractivity contribution in [2.45, 2.75) is 50.6 Å². The number of likely N-dealkylation sites (N-methyl/N-ethyl adjacent to an activating group) is 1. The van der Waals surface area contributed by atoms with Crippen molar-refractivity contribution in [3.05, 3.63) is 29.3 Å². The Morgan fingerprint density at radius 1 is 1.33 bits per heavy atom. The van der Waals surface area contributed by atoms with Crippen LogP contribution in [0.25, 0.3) is 0 Å². The molecule has 1 fully saturated rings. The van der Waals surface area contributed by atoms with Gasteiger partial charge < -0.3 is 10.6 Å². The molecule has 0 radical (unpaired) electrons. The summed E-state index contributed by atoms with van der Waals surface area (Å²) in [4.78, 5) is 14.1. The largest absolute Gasteiger partial charge is 0.374 e. The van der Waals surface area contributed by atoms with E-state index in [1.165, 1.54) is 30.5 Å². The minimum absolute atomic E-state index is 0.271. The smallest absolute Gasteiger partial charge is 0.239 e. The van der Waals surface area contributed by atoms with Crippen molar-refractivity contribution in [1.29, 1.82) is 0 Å². The van der Waals surface area contributed by atoms with E-state index >= 15 is 0 Å². The molecule has 1 unspecified atom stereocenters. The minimum atomic E-state index is -0.357. The number of carbonyl (C=O) groups is 1. The van der Waals surface area contributed by atoms with Crippen LogP contribution in [0, 0.1) is 0 Å². The van der Waals surface area contributed by atoms with E-state index in [-0.39, 0.29) is 11.9 Å². The molecule has 1 aliphatic heterocycles. The Morgan fingerprint density at radius 3 is 2.81 bits per heavy atom. The molecule has 4 heteroatoms. The lowest BCUT2D eigenvalue weighted by molar-refractivity contribution is -0.120. The second-order valence-corrected chi connectivity index (χ2v) is 6.40. The number of nitrogens with zero attached hydrogens (tertiary/aromatic N) is 1. The first-order chi connectivity index (χ1) is 10.1. The fraction of sp³-hybridized carbons (Fsp3) is 0.588. The first kappa shape index (κ1) is 14.4. The van der Waals surface area contributed by atoms with E-state index in [2.05, 4.69) is 29.4 Å². The third-order valence-corrected chi connectivity index (χ3v) is 4.86. The molecule has 3 rings (SSSR count). The number of primary amides is 1. The van der Waals surface area contributed by atoms with Gasteiger partial charge in [-0.05, 0) is 36.5 Å². The number of carbonyl (C=O) groups excluding carboxylic acids is 1. The van der Waals surface area contributed by atoms with E-state index in [0.717, 1.165) is 31.4 Å². The van der Waals surface area contributed by atoms with Crippen molar-refractivity contribution >= 4 is 11.6 Å². The van der Waals surface area contributed by atoms with Gasteiger partial charge in [0.25, 0.3) is 0 Å². The molecule has 1 saturated carbocycles. The third kappa shape index (κ3) is 3.05. The van der Waals surface area contributed by atoms with E-state index in [1.807, 2.05) is 6.07 Å². The number of nitrogens with two attached hydrogens (primary N) is 1. The van der Waals surface area contributed by atoms with Gasteiger partial charge in [0.2, 0.25) is 5.91 Å². The molecule has 1 aliphatic carbocycles. The lowest BCUT2D eigenvalue weighted by atomic mass is 9.93. The SMILES string of the molecule is CN1CCc2cc(C(NC3CCCCC3)C(N)=O)ccc21. The van der Waals surface area contributed by atoms with Crippen LogP contribution in [0.2, 0.25) is 0 Å². The summed E-state index contributed by atoms with van der Waals surface area (Å²) in [7, 11) is 2.11. The number of fused-ring (bicyclic) bond motifs is 1. The van der Waals surface area contributed by atoms with Crippen molar-refractivity contribution in [2.75, 3.05) is 18.5 Å². The maximum absolute atomic E-state index is 11.9. The fourth-order valence-corrected chi connectivity index (χ4v) is 3.61. The molecule has 0 spiro atoms. The number of benzene rings is 1. The maximum atomic E-state index is 11.9. The van der Waals surface area contributed by atoms with Gasteiger partial charge in [0.05, 0.1) is 0 Å². The summed E-state index contributed by atoms with van der Waals surface area (Å²) < 4.78 is 0. The zero-order chi connectivity index (χ0) is 14.8. The van der Waals surface area contributed by atoms with E-state index < -0.39 is 0 Å². The lowest BCUT2D eigenvalue weighted by Gasteiger charge is -2.27. The topological polar surface area (TPSA) is 58.4 Å². The molecule has 2 aliphatic rings. The molecule has 1 heterocycles. The quantitative estimate of drug-likeness (QED) is 0.892. The van der Waals surface area contributed by atoms with Crippen LogP contribution in [0.15, 0.2) is 18.2 Å². The highest BCUT2D eigenvalue weighted by Crippen LogP contribution is 2.30. The van der Waals surface area contributed by atoms with Gasteiger partial charge in [-0.3, -0.25) is 10.1 Å². The molecule has 3 N–H and O–H groups in total. The normalized spacial score (nSPS) is 20.3. The highest BCUT2D eigenvalue weighted by atomic mass is 16.1. The second-order valence-electron chi connectivity index (χ2n) is 6.40. The average Bonchev–Trinajstić information content (AvgIpc) is 2.86. The van der Waals surface area contributed by atoms with Gasteiger partial charge >= 0.3 is 0 Å². The molecular formula is C17H25N3O. The van der Waals surface area contributed by atoms with Crippen molar-refractivity contribution in [3.8, 4) is 0 Å². The van der Waals surface area contributed by atoms with Crippen LogP contribution in [0.1, 0.15) is 49.3 Å². The standard InChI is InChI=1S/C17H25N3O/c1-20-10-9-12-11-13(7-8-15(12)20)16(17(18)21)19-14-5-3-2-4-6-14/h7-8,11,14,16,19H,2-6,9-10H2,1H3,(H2,18,21). The van der Waals surface area contributed by atoms with Crippen molar-refractivity contribution < 1.29 is 4.79 Å². The van der Waals surface area contributed by atoms with E-state index in [4.69, 9.17) is 5.73 Å². The van der Waals surface area contributed by atoms with Crippen LogP contribution in [0.4, 0.5) is 5.69 Å². The Bertz CT molecular complexity index is 523. The number of amides is 1. The summed E-state index contributed by atoms with van der Waals surface area (Å²) in [5.74, 6) is -0.271. The summed E-state index contributed by atoms with van der Waals surface area (Å²) in [6.45, 7) is 1.05. The number of anilines is 1. The molecule has 0 saturated heterocycles. The number of nitrogens with one attached hydrogen (secondary N) is 1. The fourth-order valence-electron chi connectivity index (χ4n) is 3.61. The molecule has 1 aromatic rings. The van der Waals surface area contributed by atoms with Crippen LogP contribution in [-0.4, -0.2) is 25.5 Å². The van der Waals surface area contributed by atoms with Crippen LogP contribution < -0.4 is 16.0 Å². The summed E-state index contributed by atoms with van der Waals surface area (Å²) in [6.07, 6.45) is 7.16. The monoisotopic (exact) mass is 287 g/mol. The zero-order valence-corrected chi connectivity index (χ0v) is 12.8. The van der Waals surface area contributed by atoms with Crippen molar-refractivity contribution in [1.82, 2.24) is 5.32 Å². The van der Waals surface area contributed by atoms with Gasteiger partial charge in [0, 0.05) is 25.3 Å². The summed E-state index contributed by atoms with van der Waals surface area (Å²) in [6, 6.07) is 6.39. The molecule has 0 bridgehead atoms. The molecule has 0 aromatic heterocycles. The molecular weight excluding hydrogens is 262 g/mol. The number of hydrogen-bond donors (Lipinski definition) is 2. The molecule has 4 nitrogen and oxygen atoms in total. The zero-order valence-electron chi connectivity index (χ0n) is 12.8. The van der Waals surface area contributed by atoms with E-state index in [1.54, 1.807) is 0 Å².